The first-order valence-electron chi connectivity index (χ1n) is 9.05. The van der Waals surface area contributed by atoms with Crippen molar-refractivity contribution < 1.29 is 14.1 Å². The molecule has 0 aliphatic rings. The number of hydrogen-bond donors (Lipinski definition) is 1. The van der Waals surface area contributed by atoms with Gasteiger partial charge in [0.05, 0.1) is 11.3 Å². The van der Waals surface area contributed by atoms with Crippen LogP contribution in [0.4, 0.5) is 11.7 Å². The molecular weight excluding hydrogens is 372 g/mol. The van der Waals surface area contributed by atoms with Gasteiger partial charge in [-0.3, -0.25) is 20.2 Å². The van der Waals surface area contributed by atoms with Crippen LogP contribution in [-0.2, 0) is 11.2 Å². The summed E-state index contributed by atoms with van der Waals surface area (Å²) >= 11 is 0. The number of amides is 1. The highest BCUT2D eigenvalue weighted by atomic mass is 16.6. The molecule has 148 valence electrons. The van der Waals surface area contributed by atoms with E-state index >= 15 is 0 Å². The van der Waals surface area contributed by atoms with Gasteiger partial charge in [0.1, 0.15) is 0 Å². The summed E-state index contributed by atoms with van der Waals surface area (Å²) in [7, 11) is 0. The molecule has 0 atom stereocenters. The molecular formula is C21H20N4O4. The zero-order valence-corrected chi connectivity index (χ0v) is 16.0. The fraction of sp³-hybridized carbons (Fsp3) is 0.190. The maximum atomic E-state index is 12.0. The molecule has 2 aromatic carbocycles. The lowest BCUT2D eigenvalue weighted by molar-refractivity contribution is -0.384. The maximum Gasteiger partial charge on any atom is 0.322 e. The van der Waals surface area contributed by atoms with Crippen molar-refractivity contribution >= 4 is 23.7 Å². The number of anilines is 1. The van der Waals surface area contributed by atoms with E-state index in [0.717, 1.165) is 5.56 Å². The van der Waals surface area contributed by atoms with Crippen LogP contribution in [0.1, 0.15) is 42.3 Å². The first-order valence-corrected chi connectivity index (χ1v) is 9.05. The highest BCUT2D eigenvalue weighted by molar-refractivity contribution is 6.00. The molecule has 0 spiro atoms. The molecule has 3 rings (SSSR count). The average molecular weight is 392 g/mol. The molecule has 8 heteroatoms. The van der Waals surface area contributed by atoms with Gasteiger partial charge in [-0.05, 0) is 40.8 Å². The quantitative estimate of drug-likeness (QED) is 0.364. The van der Waals surface area contributed by atoms with E-state index in [1.807, 2.05) is 12.1 Å². The number of carbonyl (C=O) groups excluding carboxylic acids is 1. The standard InChI is InChI=1S/C21H20N4O4/c1-14(2)17-8-3-16(4-9-17)13-20-23-24-21(29-20)22-19(26)12-7-15-5-10-18(11-6-15)25(27)28/h3-12,14H,13H2,1-2H3,(H,22,24,26)/b12-7+. The molecule has 0 fully saturated rings. The van der Waals surface area contributed by atoms with Crippen molar-refractivity contribution in [2.45, 2.75) is 26.2 Å². The number of non-ortho nitro benzene ring substituents is 1. The second-order valence-corrected chi connectivity index (χ2v) is 6.75. The minimum atomic E-state index is -0.480. The molecule has 0 saturated carbocycles. The van der Waals surface area contributed by atoms with Crippen LogP contribution < -0.4 is 5.32 Å². The minimum Gasteiger partial charge on any atom is -0.407 e. The van der Waals surface area contributed by atoms with Crippen molar-refractivity contribution in [2.24, 2.45) is 0 Å². The molecule has 1 heterocycles. The van der Waals surface area contributed by atoms with E-state index in [4.69, 9.17) is 4.42 Å². The second kappa shape index (κ2) is 8.92. The summed E-state index contributed by atoms with van der Waals surface area (Å²) in [4.78, 5) is 22.2. The average Bonchev–Trinajstić information content (AvgIpc) is 3.13. The number of nitrogens with one attached hydrogen (secondary N) is 1. The van der Waals surface area contributed by atoms with Crippen molar-refractivity contribution in [3.05, 3.63) is 87.3 Å². The molecule has 0 unspecified atom stereocenters. The predicted molar refractivity (Wildman–Crippen MR) is 108 cm³/mol. The number of hydrogen-bond acceptors (Lipinski definition) is 6. The van der Waals surface area contributed by atoms with Gasteiger partial charge in [-0.15, -0.1) is 5.10 Å². The Kier molecular flexibility index (Phi) is 6.13. The molecule has 3 aromatic rings. The van der Waals surface area contributed by atoms with Gasteiger partial charge in [0.25, 0.3) is 11.6 Å². The van der Waals surface area contributed by atoms with E-state index in [2.05, 4.69) is 41.5 Å². The first-order chi connectivity index (χ1) is 13.9. The molecule has 0 saturated heterocycles. The van der Waals surface area contributed by atoms with Crippen LogP contribution in [0.3, 0.4) is 0 Å². The van der Waals surface area contributed by atoms with E-state index in [1.165, 1.54) is 29.8 Å². The van der Waals surface area contributed by atoms with Crippen molar-refractivity contribution in [1.29, 1.82) is 0 Å². The van der Waals surface area contributed by atoms with Gasteiger partial charge in [-0.1, -0.05) is 43.2 Å². The van der Waals surface area contributed by atoms with Crippen LogP contribution in [0.25, 0.3) is 6.08 Å². The third kappa shape index (κ3) is 5.58. The van der Waals surface area contributed by atoms with Gasteiger partial charge in [0.2, 0.25) is 5.89 Å². The normalized spacial score (nSPS) is 11.1. The summed E-state index contributed by atoms with van der Waals surface area (Å²) in [6, 6.07) is 14.0. The number of nitro benzene ring substituents is 1. The van der Waals surface area contributed by atoms with Crippen molar-refractivity contribution in [2.75, 3.05) is 5.32 Å². The SMILES string of the molecule is CC(C)c1ccc(Cc2nnc(NC(=O)/C=C/c3ccc([N+](=O)[O-])cc3)o2)cc1. The zero-order chi connectivity index (χ0) is 20.8. The van der Waals surface area contributed by atoms with E-state index < -0.39 is 10.8 Å². The number of rotatable bonds is 7. The summed E-state index contributed by atoms with van der Waals surface area (Å²) in [5, 5.41) is 20.9. The fourth-order valence-electron chi connectivity index (χ4n) is 2.60. The summed E-state index contributed by atoms with van der Waals surface area (Å²) in [5.41, 5.74) is 2.94. The number of carbonyl (C=O) groups is 1. The lowest BCUT2D eigenvalue weighted by atomic mass is 10.0. The third-order valence-electron chi connectivity index (χ3n) is 4.23. The van der Waals surface area contributed by atoms with E-state index in [9.17, 15) is 14.9 Å². The first kappa shape index (κ1) is 19.9. The zero-order valence-electron chi connectivity index (χ0n) is 16.0. The Morgan fingerprint density at radius 1 is 1.14 bits per heavy atom. The number of aromatic nitrogens is 2. The number of benzene rings is 2. The Morgan fingerprint density at radius 3 is 2.45 bits per heavy atom. The Hall–Kier alpha value is -3.81. The molecule has 1 aromatic heterocycles. The van der Waals surface area contributed by atoms with E-state index in [1.54, 1.807) is 12.1 Å². The van der Waals surface area contributed by atoms with Gasteiger partial charge in [0, 0.05) is 18.2 Å². The van der Waals surface area contributed by atoms with Gasteiger partial charge in [-0.25, -0.2) is 0 Å². The van der Waals surface area contributed by atoms with Crippen LogP contribution in [0.15, 0.2) is 59.0 Å². The van der Waals surface area contributed by atoms with Gasteiger partial charge in [0.15, 0.2) is 0 Å². The third-order valence-corrected chi connectivity index (χ3v) is 4.23. The van der Waals surface area contributed by atoms with Crippen LogP contribution in [0.2, 0.25) is 0 Å². The highest BCUT2D eigenvalue weighted by Gasteiger charge is 2.09. The van der Waals surface area contributed by atoms with Crippen molar-refractivity contribution in [3.63, 3.8) is 0 Å². The van der Waals surface area contributed by atoms with Crippen molar-refractivity contribution in [1.82, 2.24) is 10.2 Å². The smallest absolute Gasteiger partial charge is 0.322 e. The Balaban J connectivity index is 1.56. The second-order valence-electron chi connectivity index (χ2n) is 6.75. The van der Waals surface area contributed by atoms with Crippen LogP contribution >= 0.6 is 0 Å². The molecule has 8 nitrogen and oxygen atoms in total. The van der Waals surface area contributed by atoms with Crippen LogP contribution in [-0.4, -0.2) is 21.0 Å². The predicted octanol–water partition coefficient (Wildman–Crippen LogP) is 4.34. The molecule has 0 bridgehead atoms. The number of nitrogens with zero attached hydrogens (tertiary/aromatic N) is 3. The van der Waals surface area contributed by atoms with E-state index in [-0.39, 0.29) is 11.7 Å². The molecule has 0 radical (unpaired) electrons. The highest BCUT2D eigenvalue weighted by Crippen LogP contribution is 2.17. The van der Waals surface area contributed by atoms with Crippen molar-refractivity contribution in [3.8, 4) is 0 Å². The van der Waals surface area contributed by atoms with Crippen LogP contribution in [0.5, 0.6) is 0 Å². The lowest BCUT2D eigenvalue weighted by Crippen LogP contribution is -2.07. The molecule has 0 aliphatic heterocycles. The monoisotopic (exact) mass is 392 g/mol. The molecule has 29 heavy (non-hydrogen) atoms. The summed E-state index contributed by atoms with van der Waals surface area (Å²) < 4.78 is 5.47. The van der Waals surface area contributed by atoms with Crippen LogP contribution in [0, 0.1) is 10.1 Å². The Bertz CT molecular complexity index is 1020. The maximum absolute atomic E-state index is 12.0. The topological polar surface area (TPSA) is 111 Å². The molecule has 1 N–H and O–H groups in total. The van der Waals surface area contributed by atoms with Gasteiger partial charge >= 0.3 is 6.01 Å². The molecule has 1 amide bonds. The fourth-order valence-corrected chi connectivity index (χ4v) is 2.60. The lowest BCUT2D eigenvalue weighted by Gasteiger charge is -2.05. The molecule has 0 aliphatic carbocycles. The van der Waals surface area contributed by atoms with E-state index in [0.29, 0.717) is 23.8 Å². The number of nitro groups is 1. The van der Waals surface area contributed by atoms with Gasteiger partial charge < -0.3 is 4.42 Å². The van der Waals surface area contributed by atoms with Gasteiger partial charge in [-0.2, -0.15) is 0 Å². The Labute approximate surface area is 167 Å². The minimum absolute atomic E-state index is 0.0103. The summed E-state index contributed by atoms with van der Waals surface area (Å²) in [5.74, 6) is 0.421. The summed E-state index contributed by atoms with van der Waals surface area (Å²) in [6.07, 6.45) is 3.29. The summed E-state index contributed by atoms with van der Waals surface area (Å²) in [6.45, 7) is 4.27. The largest absolute Gasteiger partial charge is 0.407 e. The Morgan fingerprint density at radius 2 is 1.83 bits per heavy atom.